The largest absolute Gasteiger partial charge is 0.508 e. The molecule has 9 amide bonds. The van der Waals surface area contributed by atoms with E-state index in [0.717, 1.165) is 9.80 Å². The first-order valence-corrected chi connectivity index (χ1v) is 26.3. The van der Waals surface area contributed by atoms with Crippen molar-refractivity contribution < 1.29 is 83.3 Å². The number of likely N-dealkylation sites (N-methyl/N-ethyl adjacent to an activating group) is 1. The molecule has 14 N–H and O–H groups in total. The summed E-state index contributed by atoms with van der Waals surface area (Å²) in [5, 5.41) is 76.9. The van der Waals surface area contributed by atoms with Crippen molar-refractivity contribution in [3.63, 3.8) is 0 Å². The molecular weight excluding hydrogens is 1030 g/mol. The van der Waals surface area contributed by atoms with Gasteiger partial charge in [0.25, 0.3) is 5.91 Å². The van der Waals surface area contributed by atoms with Crippen LogP contribution in [0.4, 0.5) is 0 Å². The quantitative estimate of drug-likeness (QED) is 0.0603. The van der Waals surface area contributed by atoms with Crippen molar-refractivity contribution in [3.8, 4) is 11.5 Å². The van der Waals surface area contributed by atoms with Crippen molar-refractivity contribution in [2.75, 3.05) is 13.7 Å². The summed E-state index contributed by atoms with van der Waals surface area (Å²) in [5.41, 5.74) is 6.48. The fourth-order valence-corrected chi connectivity index (χ4v) is 9.09. The lowest BCUT2D eigenvalue weighted by Gasteiger charge is -2.43. The first kappa shape index (κ1) is 64.1. The number of ether oxygens (including phenoxy) is 1. The predicted octanol–water partition coefficient (Wildman–Crippen LogP) is -2.64. The smallest absolute Gasteiger partial charge is 0.329 e. The molecule has 2 aromatic rings. The Balaban J connectivity index is 1.84. The van der Waals surface area contributed by atoms with Crippen molar-refractivity contribution in [1.29, 1.82) is 0 Å². The number of carbonyl (C=O) groups is 10. The van der Waals surface area contributed by atoms with Crippen LogP contribution < -0.4 is 37.6 Å². The van der Waals surface area contributed by atoms with Gasteiger partial charge >= 0.3 is 5.97 Å². The molecule has 13 atom stereocenters. The lowest BCUT2D eigenvalue weighted by molar-refractivity contribution is -0.170. The number of benzene rings is 2. The zero-order valence-corrected chi connectivity index (χ0v) is 45.4. The van der Waals surface area contributed by atoms with Gasteiger partial charge in [-0.3, -0.25) is 43.2 Å². The number of phenolic OH excluding ortho intramolecular Hbond substituents is 2. The lowest BCUT2D eigenvalue weighted by Crippen LogP contribution is -2.67. The van der Waals surface area contributed by atoms with E-state index in [1.807, 2.05) is 0 Å². The van der Waals surface area contributed by atoms with Gasteiger partial charge in [-0.15, -0.1) is 0 Å². The number of hydrogen-bond donors (Lipinski definition) is 13. The number of amides is 9. The predicted molar refractivity (Wildman–Crippen MR) is 280 cm³/mol. The van der Waals surface area contributed by atoms with Crippen molar-refractivity contribution >= 4 is 59.1 Å². The van der Waals surface area contributed by atoms with Crippen molar-refractivity contribution in [2.24, 2.45) is 17.6 Å². The lowest BCUT2D eigenvalue weighted by atomic mass is 9.95. The molecule has 2 aliphatic rings. The number of phenols is 2. The van der Waals surface area contributed by atoms with Crippen LogP contribution >= 0.6 is 0 Å². The first-order valence-electron chi connectivity index (χ1n) is 26.3. The molecule has 2 fully saturated rings. The van der Waals surface area contributed by atoms with Crippen molar-refractivity contribution in [1.82, 2.24) is 41.7 Å². The highest BCUT2D eigenvalue weighted by Gasteiger charge is 2.47. The molecule has 0 spiro atoms. The Morgan fingerprint density at radius 1 is 0.772 bits per heavy atom. The SMILES string of the molecule is CC[C@@H](C)[C@@H]1NC(=O)[C@@H](Cc2ccc(O)cc2)N(C)C(=O)[C@H]([C@@H](C)O)N2C(=O)[C@@H](CC[C@H]2O)NC(=O)[C@H](CC(C)C)NC(=O)[C@@H](NC(=O)C(CCC(N)=O)NC(=O)[C@H](CCc2ccc(O)cc2)NC(=O)[C@H](O)CO)[C@@H](C)OC1=O. The number of carbonyl (C=O) groups excluding carboxylic acids is 10. The van der Waals surface area contributed by atoms with Gasteiger partial charge in [-0.05, 0) is 99.6 Å². The average Bonchev–Trinajstić information content (AvgIpc) is 3.40. The summed E-state index contributed by atoms with van der Waals surface area (Å²) < 4.78 is 5.91. The first-order chi connectivity index (χ1) is 37.2. The molecule has 2 aliphatic heterocycles. The fourth-order valence-electron chi connectivity index (χ4n) is 9.09. The van der Waals surface area contributed by atoms with E-state index < -0.39 is 157 Å². The number of aromatic hydroxyl groups is 2. The van der Waals surface area contributed by atoms with Crippen LogP contribution in [0.25, 0.3) is 0 Å². The summed E-state index contributed by atoms with van der Waals surface area (Å²) >= 11 is 0. The Hall–Kier alpha value is -7.42. The minimum atomic E-state index is -1.96. The van der Waals surface area contributed by atoms with Gasteiger partial charge in [0, 0.05) is 19.9 Å². The second-order valence-electron chi connectivity index (χ2n) is 20.6. The molecule has 2 aromatic carbocycles. The number of hydrogen-bond acceptors (Lipinski definition) is 17. The number of esters is 1. The fraction of sp³-hybridized carbons (Fsp3) is 0.585. The number of nitrogens with zero attached hydrogens (tertiary/aromatic N) is 2. The molecule has 26 nitrogen and oxygen atoms in total. The van der Waals surface area contributed by atoms with E-state index in [4.69, 9.17) is 10.5 Å². The minimum absolute atomic E-state index is 0.0484. The topological polar surface area (TPSA) is 406 Å². The highest BCUT2D eigenvalue weighted by molar-refractivity contribution is 5.99. The normalized spacial score (nSPS) is 24.7. The third kappa shape index (κ3) is 18.1. The van der Waals surface area contributed by atoms with Crippen molar-refractivity contribution in [2.45, 2.75) is 172 Å². The van der Waals surface area contributed by atoms with Gasteiger partial charge in [0.05, 0.1) is 12.7 Å². The number of piperidine rings is 1. The monoisotopic (exact) mass is 1110 g/mol. The molecule has 26 heteroatoms. The summed E-state index contributed by atoms with van der Waals surface area (Å²) in [5.74, 6) is -11.7. The molecule has 1 unspecified atom stereocenters. The van der Waals surface area contributed by atoms with Gasteiger partial charge in [0.2, 0.25) is 47.3 Å². The number of rotatable bonds is 20. The molecule has 0 aliphatic carbocycles. The Kier molecular flexibility index (Phi) is 24.0. The van der Waals surface area contributed by atoms with Gasteiger partial charge in [-0.1, -0.05) is 58.4 Å². The second kappa shape index (κ2) is 29.5. The maximum atomic E-state index is 14.8. The van der Waals surface area contributed by atoms with E-state index in [1.165, 1.54) is 57.3 Å². The van der Waals surface area contributed by atoms with Crippen LogP contribution in [-0.4, -0.2) is 186 Å². The van der Waals surface area contributed by atoms with Crippen LogP contribution in [0.15, 0.2) is 48.5 Å². The summed E-state index contributed by atoms with van der Waals surface area (Å²) in [4.78, 5) is 143. The molecule has 0 aromatic heterocycles. The Morgan fingerprint density at radius 2 is 1.35 bits per heavy atom. The zero-order valence-electron chi connectivity index (χ0n) is 45.4. The van der Waals surface area contributed by atoms with Crippen LogP contribution in [0.2, 0.25) is 0 Å². The standard InChI is InChI=1S/C53H77N9O17/c1-8-27(4)42-53(78)79-29(6)43(60-46(71)35(19-21-40(54)68)55-45(70)34(56-49(74)39(67)25-63)18-13-30-9-14-32(65)15-10-30)50(75)58-37(23-26(2)3)47(72)57-36-20-22-41(69)62(51(36)76)44(28(5)64)52(77)61(7)38(48(73)59-42)24-31-11-16-33(66)17-12-31/h9-12,14-17,26-29,34-39,41-44,63-67,69H,8,13,18-25H2,1-7H3,(H2,54,68)(H,55,70)(H,56,74)(H,57,72)(H,58,75)(H,59,73)(H,60,71)/t27-,28-,29-,34+,35?,36-,37+,38-,39-,41-,42+,43+,44+/m1/s1. The number of aryl methyl sites for hydroxylation is 1. The third-order valence-electron chi connectivity index (χ3n) is 13.9. The molecular formula is C53H77N9O17. The number of aliphatic hydroxyl groups is 4. The molecule has 4 rings (SSSR count). The number of cyclic esters (lactones) is 1. The second-order valence-corrected chi connectivity index (χ2v) is 20.6. The van der Waals surface area contributed by atoms with Crippen LogP contribution in [0, 0.1) is 11.8 Å². The van der Waals surface area contributed by atoms with E-state index in [9.17, 15) is 78.6 Å². The molecule has 2 saturated heterocycles. The number of primary amides is 1. The Bertz CT molecular complexity index is 2480. The molecule has 2 heterocycles. The average molecular weight is 1110 g/mol. The van der Waals surface area contributed by atoms with Crippen LogP contribution in [0.5, 0.6) is 11.5 Å². The summed E-state index contributed by atoms with van der Waals surface area (Å²) in [7, 11) is 1.22. The number of fused-ring (bicyclic) bond motifs is 2. The van der Waals surface area contributed by atoms with Crippen LogP contribution in [0.3, 0.4) is 0 Å². The number of aliphatic hydroxyl groups excluding tert-OH is 4. The highest BCUT2D eigenvalue weighted by Crippen LogP contribution is 2.26. The highest BCUT2D eigenvalue weighted by atomic mass is 16.5. The maximum Gasteiger partial charge on any atom is 0.329 e. The Labute approximate surface area is 457 Å². The zero-order chi connectivity index (χ0) is 59.0. The molecule has 79 heavy (non-hydrogen) atoms. The van der Waals surface area contributed by atoms with Gasteiger partial charge in [-0.25, -0.2) is 4.79 Å². The third-order valence-corrected chi connectivity index (χ3v) is 13.9. The van der Waals surface area contributed by atoms with Gasteiger partial charge in [0.1, 0.15) is 72.2 Å². The molecule has 436 valence electrons. The van der Waals surface area contributed by atoms with Crippen LogP contribution in [-0.2, 0) is 65.5 Å². The maximum absolute atomic E-state index is 14.8. The molecule has 0 radical (unpaired) electrons. The van der Waals surface area contributed by atoms with E-state index >= 15 is 0 Å². The van der Waals surface area contributed by atoms with E-state index in [-0.39, 0.29) is 62.4 Å². The summed E-state index contributed by atoms with van der Waals surface area (Å²) in [6.07, 6.45) is -8.60. The van der Waals surface area contributed by atoms with Gasteiger partial charge in [0.15, 0.2) is 6.10 Å². The number of nitrogens with one attached hydrogen (secondary N) is 6. The van der Waals surface area contributed by atoms with Gasteiger partial charge < -0.3 is 82.8 Å². The summed E-state index contributed by atoms with van der Waals surface area (Å²) in [6.45, 7) is 8.12. The van der Waals surface area contributed by atoms with E-state index in [1.54, 1.807) is 39.8 Å². The van der Waals surface area contributed by atoms with Crippen molar-refractivity contribution in [3.05, 3.63) is 59.7 Å². The molecule has 2 bridgehead atoms. The summed E-state index contributed by atoms with van der Waals surface area (Å²) in [6, 6.07) is -1.54. The molecule has 0 saturated carbocycles. The number of nitrogens with two attached hydrogens (primary N) is 1. The van der Waals surface area contributed by atoms with Crippen LogP contribution in [0.1, 0.15) is 97.6 Å². The van der Waals surface area contributed by atoms with E-state index in [2.05, 4.69) is 31.9 Å². The van der Waals surface area contributed by atoms with Gasteiger partial charge in [-0.2, -0.15) is 0 Å². The Morgan fingerprint density at radius 3 is 1.91 bits per heavy atom. The minimum Gasteiger partial charge on any atom is -0.508 e. The van der Waals surface area contributed by atoms with E-state index in [0.29, 0.717) is 11.1 Å².